The molecule has 0 aromatic heterocycles. The van der Waals surface area contributed by atoms with Crippen molar-refractivity contribution in [3.8, 4) is 0 Å². The van der Waals surface area contributed by atoms with E-state index in [2.05, 4.69) is 5.32 Å². The molecule has 0 saturated heterocycles. The zero-order chi connectivity index (χ0) is 12.8. The largest absolute Gasteiger partial charge is 0.374 e. The molecule has 0 heterocycles. The molecule has 17 heavy (non-hydrogen) atoms. The van der Waals surface area contributed by atoms with Gasteiger partial charge in [-0.1, -0.05) is 11.6 Å². The lowest BCUT2D eigenvalue weighted by Crippen LogP contribution is -2.41. The minimum Gasteiger partial charge on any atom is -0.374 e. The van der Waals surface area contributed by atoms with Crippen LogP contribution in [0.15, 0.2) is 24.3 Å². The van der Waals surface area contributed by atoms with Crippen LogP contribution in [0.25, 0.3) is 0 Å². The maximum Gasteiger partial charge on any atom is 0.244 e. The van der Waals surface area contributed by atoms with Gasteiger partial charge in [-0.15, -0.1) is 0 Å². The number of likely N-dealkylation sites (N-methyl/N-ethyl adjacent to an activating group) is 1. The van der Waals surface area contributed by atoms with Crippen LogP contribution >= 0.6 is 11.6 Å². The molecule has 0 spiro atoms. The molecule has 0 aliphatic heterocycles. The van der Waals surface area contributed by atoms with Crippen molar-refractivity contribution in [3.05, 3.63) is 29.3 Å². The molecule has 0 bridgehead atoms. The first kappa shape index (κ1) is 13.8. The number of nitrogens with zero attached hydrogens (tertiary/aromatic N) is 1. The molecule has 3 nitrogen and oxygen atoms in total. The third-order valence-corrected chi connectivity index (χ3v) is 2.92. The molecule has 0 aliphatic carbocycles. The minimum atomic E-state index is -0.226. The molecular formula is C13H19ClN2O. The highest BCUT2D eigenvalue weighted by Gasteiger charge is 2.17. The zero-order valence-corrected chi connectivity index (χ0v) is 11.3. The Hall–Kier alpha value is -1.22. The van der Waals surface area contributed by atoms with Gasteiger partial charge in [0.2, 0.25) is 5.91 Å². The lowest BCUT2D eigenvalue weighted by atomic mass is 10.2. The van der Waals surface area contributed by atoms with Crippen LogP contribution in [0.5, 0.6) is 0 Å². The maximum atomic E-state index is 12.0. The predicted molar refractivity (Wildman–Crippen MR) is 72.5 cm³/mol. The second kappa shape index (κ2) is 6.50. The van der Waals surface area contributed by atoms with Crippen LogP contribution in [0, 0.1) is 0 Å². The van der Waals surface area contributed by atoms with Crippen LogP contribution in [0.3, 0.4) is 0 Å². The average Bonchev–Trinajstić information content (AvgIpc) is 2.33. The molecule has 1 amide bonds. The summed E-state index contributed by atoms with van der Waals surface area (Å²) in [6.07, 6.45) is 0. The summed E-state index contributed by atoms with van der Waals surface area (Å²) in [5.41, 5.74) is 0.905. The van der Waals surface area contributed by atoms with E-state index in [1.165, 1.54) is 0 Å². The maximum absolute atomic E-state index is 12.0. The first-order valence-electron chi connectivity index (χ1n) is 5.89. The molecule has 0 saturated carbocycles. The van der Waals surface area contributed by atoms with E-state index in [0.717, 1.165) is 18.8 Å². The second-order valence-electron chi connectivity index (χ2n) is 3.88. The SMILES string of the molecule is CCN(CC)C(=O)C(C)Nc1ccc(Cl)cc1. The van der Waals surface area contributed by atoms with Gasteiger partial charge in [-0.3, -0.25) is 4.79 Å². The van der Waals surface area contributed by atoms with Gasteiger partial charge < -0.3 is 10.2 Å². The van der Waals surface area contributed by atoms with Crippen LogP contribution in [0.1, 0.15) is 20.8 Å². The number of amides is 1. The van der Waals surface area contributed by atoms with Gasteiger partial charge in [0.25, 0.3) is 0 Å². The van der Waals surface area contributed by atoms with Crippen LogP contribution in [-0.4, -0.2) is 29.9 Å². The van der Waals surface area contributed by atoms with Crippen molar-refractivity contribution < 1.29 is 4.79 Å². The van der Waals surface area contributed by atoms with E-state index in [1.54, 1.807) is 12.1 Å². The highest BCUT2D eigenvalue weighted by atomic mass is 35.5. The van der Waals surface area contributed by atoms with Gasteiger partial charge in [-0.2, -0.15) is 0 Å². The van der Waals surface area contributed by atoms with E-state index in [9.17, 15) is 4.79 Å². The van der Waals surface area contributed by atoms with E-state index in [4.69, 9.17) is 11.6 Å². The van der Waals surface area contributed by atoms with E-state index >= 15 is 0 Å². The molecule has 4 heteroatoms. The Balaban J connectivity index is 2.62. The van der Waals surface area contributed by atoms with Gasteiger partial charge in [-0.05, 0) is 45.0 Å². The van der Waals surface area contributed by atoms with Crippen molar-refractivity contribution in [1.82, 2.24) is 4.90 Å². The average molecular weight is 255 g/mol. The number of rotatable bonds is 5. The third kappa shape index (κ3) is 3.93. The smallest absolute Gasteiger partial charge is 0.244 e. The number of hydrogen-bond acceptors (Lipinski definition) is 2. The molecule has 1 aromatic carbocycles. The number of hydrogen-bond donors (Lipinski definition) is 1. The molecule has 0 fully saturated rings. The van der Waals surface area contributed by atoms with E-state index in [-0.39, 0.29) is 11.9 Å². The second-order valence-corrected chi connectivity index (χ2v) is 4.32. The summed E-state index contributed by atoms with van der Waals surface area (Å²) in [5, 5.41) is 3.86. The van der Waals surface area contributed by atoms with Gasteiger partial charge in [-0.25, -0.2) is 0 Å². The Morgan fingerprint density at radius 2 is 1.82 bits per heavy atom. The fourth-order valence-electron chi connectivity index (χ4n) is 1.67. The zero-order valence-electron chi connectivity index (χ0n) is 10.5. The van der Waals surface area contributed by atoms with Crippen LogP contribution < -0.4 is 5.32 Å². The van der Waals surface area contributed by atoms with Crippen molar-refractivity contribution >= 4 is 23.2 Å². The lowest BCUT2D eigenvalue weighted by molar-refractivity contribution is -0.131. The Kier molecular flexibility index (Phi) is 5.29. The van der Waals surface area contributed by atoms with Gasteiger partial charge in [0.15, 0.2) is 0 Å². The topological polar surface area (TPSA) is 32.3 Å². The van der Waals surface area contributed by atoms with Gasteiger partial charge in [0.1, 0.15) is 6.04 Å². The van der Waals surface area contributed by atoms with Crippen LogP contribution in [0.2, 0.25) is 5.02 Å². The van der Waals surface area contributed by atoms with Crippen LogP contribution in [-0.2, 0) is 4.79 Å². The third-order valence-electron chi connectivity index (χ3n) is 2.67. The fourth-order valence-corrected chi connectivity index (χ4v) is 1.79. The van der Waals surface area contributed by atoms with Gasteiger partial charge in [0.05, 0.1) is 0 Å². The molecule has 1 atom stereocenters. The molecule has 0 radical (unpaired) electrons. The van der Waals surface area contributed by atoms with Crippen molar-refractivity contribution in [1.29, 1.82) is 0 Å². The fraction of sp³-hybridized carbons (Fsp3) is 0.462. The van der Waals surface area contributed by atoms with Gasteiger partial charge in [0, 0.05) is 23.8 Å². The summed E-state index contributed by atoms with van der Waals surface area (Å²) in [6.45, 7) is 7.31. The predicted octanol–water partition coefficient (Wildman–Crippen LogP) is 3.01. The van der Waals surface area contributed by atoms with E-state index in [0.29, 0.717) is 5.02 Å². The lowest BCUT2D eigenvalue weighted by Gasteiger charge is -2.24. The monoisotopic (exact) mass is 254 g/mol. The Bertz CT molecular complexity index is 360. The highest BCUT2D eigenvalue weighted by Crippen LogP contribution is 2.14. The normalized spacial score (nSPS) is 12.0. The standard InChI is InChI=1S/C13H19ClN2O/c1-4-16(5-2)13(17)10(3)15-12-8-6-11(14)7-9-12/h6-10,15H,4-5H2,1-3H3. The van der Waals surface area contributed by atoms with Crippen molar-refractivity contribution in [2.45, 2.75) is 26.8 Å². The first-order valence-corrected chi connectivity index (χ1v) is 6.27. The van der Waals surface area contributed by atoms with Crippen LogP contribution in [0.4, 0.5) is 5.69 Å². The number of halogens is 1. The Morgan fingerprint density at radius 3 is 2.29 bits per heavy atom. The quantitative estimate of drug-likeness (QED) is 0.876. The summed E-state index contributed by atoms with van der Waals surface area (Å²) in [6, 6.07) is 7.12. The van der Waals surface area contributed by atoms with E-state index in [1.807, 2.05) is 37.8 Å². The minimum absolute atomic E-state index is 0.116. The summed E-state index contributed by atoms with van der Waals surface area (Å²) in [7, 11) is 0. The Morgan fingerprint density at radius 1 is 1.29 bits per heavy atom. The molecule has 1 N–H and O–H groups in total. The highest BCUT2D eigenvalue weighted by molar-refractivity contribution is 6.30. The number of carbonyl (C=O) groups excluding carboxylic acids is 1. The molecule has 1 rings (SSSR count). The number of nitrogens with one attached hydrogen (secondary N) is 1. The summed E-state index contributed by atoms with van der Waals surface area (Å²) < 4.78 is 0. The number of carbonyl (C=O) groups is 1. The molecule has 94 valence electrons. The van der Waals surface area contributed by atoms with Crippen molar-refractivity contribution in [3.63, 3.8) is 0 Å². The summed E-state index contributed by atoms with van der Waals surface area (Å²) >= 11 is 5.80. The van der Waals surface area contributed by atoms with Crippen molar-refractivity contribution in [2.75, 3.05) is 18.4 Å². The summed E-state index contributed by atoms with van der Waals surface area (Å²) in [5.74, 6) is 0.116. The molecule has 0 aliphatic rings. The molecular weight excluding hydrogens is 236 g/mol. The van der Waals surface area contributed by atoms with E-state index < -0.39 is 0 Å². The van der Waals surface area contributed by atoms with Gasteiger partial charge >= 0.3 is 0 Å². The Labute approximate surface area is 108 Å². The summed E-state index contributed by atoms with van der Waals surface area (Å²) in [4.78, 5) is 13.8. The number of benzene rings is 1. The molecule has 1 aromatic rings. The molecule has 1 unspecified atom stereocenters. The van der Waals surface area contributed by atoms with Crippen molar-refractivity contribution in [2.24, 2.45) is 0 Å². The number of anilines is 1. The first-order chi connectivity index (χ1) is 8.08.